The molecule has 0 spiro atoms. The van der Waals surface area contributed by atoms with Crippen LogP contribution < -0.4 is 19.5 Å². The Bertz CT molecular complexity index is 1050. The number of carbonyl (C=O) groups is 1. The minimum Gasteiger partial charge on any atom is -0.497 e. The summed E-state index contributed by atoms with van der Waals surface area (Å²) in [6.45, 7) is 0.763. The van der Waals surface area contributed by atoms with Crippen molar-refractivity contribution in [1.29, 1.82) is 0 Å². The highest BCUT2D eigenvalue weighted by Gasteiger charge is 2.18. The van der Waals surface area contributed by atoms with Gasteiger partial charge in [-0.15, -0.1) is 15.3 Å². The summed E-state index contributed by atoms with van der Waals surface area (Å²) >= 11 is 0. The van der Waals surface area contributed by atoms with Crippen LogP contribution in [0, 0.1) is 5.92 Å². The van der Waals surface area contributed by atoms with Crippen LogP contribution in [0.5, 0.6) is 17.4 Å². The highest BCUT2D eigenvalue weighted by molar-refractivity contribution is 5.76. The Hall–Kier alpha value is -3.36. The summed E-state index contributed by atoms with van der Waals surface area (Å²) in [5, 5.41) is 15.9. The van der Waals surface area contributed by atoms with Crippen LogP contribution in [-0.4, -0.2) is 53.1 Å². The maximum atomic E-state index is 12.0. The minimum atomic E-state index is 0.0881. The maximum Gasteiger partial charge on any atom is 0.231 e. The number of hydrogen-bond acceptors (Lipinski definition) is 7. The third-order valence-corrected chi connectivity index (χ3v) is 5.51. The fourth-order valence-corrected chi connectivity index (χ4v) is 3.90. The molecule has 1 aromatic carbocycles. The van der Waals surface area contributed by atoms with E-state index in [0.717, 1.165) is 12.8 Å². The standard InChI is InChI=1S/C22H27N5O4/c1-29-16-7-8-18(30-2)17(14-16)22-25-24-19-9-10-21(26-27(19)22)31-12-11-23-20(28)13-15-5-3-4-6-15/h7-10,14-15H,3-6,11-13H2,1-2H3,(H,23,28). The zero-order valence-electron chi connectivity index (χ0n) is 17.8. The van der Waals surface area contributed by atoms with Crippen LogP contribution >= 0.6 is 0 Å². The fourth-order valence-electron chi connectivity index (χ4n) is 3.90. The van der Waals surface area contributed by atoms with E-state index in [1.54, 1.807) is 30.9 Å². The number of rotatable bonds is 9. The molecule has 3 aromatic rings. The van der Waals surface area contributed by atoms with Gasteiger partial charge in [0, 0.05) is 12.5 Å². The van der Waals surface area contributed by atoms with E-state index in [2.05, 4.69) is 20.6 Å². The molecule has 0 atom stereocenters. The van der Waals surface area contributed by atoms with Crippen LogP contribution in [0.1, 0.15) is 32.1 Å². The lowest BCUT2D eigenvalue weighted by Crippen LogP contribution is -2.29. The second-order valence-corrected chi connectivity index (χ2v) is 7.58. The van der Waals surface area contributed by atoms with Crippen LogP contribution in [0.25, 0.3) is 17.0 Å². The Balaban J connectivity index is 1.42. The molecule has 31 heavy (non-hydrogen) atoms. The topological polar surface area (TPSA) is 99.9 Å². The predicted octanol–water partition coefficient (Wildman–Crippen LogP) is 2.88. The van der Waals surface area contributed by atoms with Gasteiger partial charge in [-0.2, -0.15) is 4.52 Å². The molecule has 1 aliphatic rings. The van der Waals surface area contributed by atoms with E-state index in [9.17, 15) is 4.79 Å². The number of aromatic nitrogens is 4. The van der Waals surface area contributed by atoms with E-state index < -0.39 is 0 Å². The molecule has 0 aliphatic heterocycles. The smallest absolute Gasteiger partial charge is 0.231 e. The lowest BCUT2D eigenvalue weighted by molar-refractivity contribution is -0.122. The van der Waals surface area contributed by atoms with Gasteiger partial charge in [0.2, 0.25) is 11.8 Å². The molecule has 164 valence electrons. The molecule has 9 nitrogen and oxygen atoms in total. The van der Waals surface area contributed by atoms with Crippen molar-refractivity contribution in [2.75, 3.05) is 27.4 Å². The third kappa shape index (κ3) is 4.87. The molecule has 9 heteroatoms. The molecule has 0 saturated heterocycles. The summed E-state index contributed by atoms with van der Waals surface area (Å²) in [5.74, 6) is 2.86. The van der Waals surface area contributed by atoms with Gasteiger partial charge in [0.05, 0.1) is 26.3 Å². The molecule has 2 aromatic heterocycles. The summed E-state index contributed by atoms with van der Waals surface area (Å²) < 4.78 is 18.1. The maximum absolute atomic E-state index is 12.0. The molecule has 1 N–H and O–H groups in total. The molecular weight excluding hydrogens is 398 g/mol. The van der Waals surface area contributed by atoms with Crippen molar-refractivity contribution in [1.82, 2.24) is 25.1 Å². The highest BCUT2D eigenvalue weighted by atomic mass is 16.5. The molecule has 0 unspecified atom stereocenters. The van der Waals surface area contributed by atoms with Crippen LogP contribution in [0.2, 0.25) is 0 Å². The predicted molar refractivity (Wildman–Crippen MR) is 114 cm³/mol. The van der Waals surface area contributed by atoms with Crippen molar-refractivity contribution in [2.45, 2.75) is 32.1 Å². The van der Waals surface area contributed by atoms with Gasteiger partial charge in [0.25, 0.3) is 0 Å². The van der Waals surface area contributed by atoms with E-state index >= 15 is 0 Å². The van der Waals surface area contributed by atoms with E-state index in [4.69, 9.17) is 14.2 Å². The van der Waals surface area contributed by atoms with Crippen LogP contribution in [-0.2, 0) is 4.79 Å². The zero-order valence-corrected chi connectivity index (χ0v) is 17.8. The van der Waals surface area contributed by atoms with Crippen molar-refractivity contribution in [2.24, 2.45) is 5.92 Å². The van der Waals surface area contributed by atoms with Gasteiger partial charge in [-0.25, -0.2) is 0 Å². The molecule has 1 amide bonds. The first kappa shape index (κ1) is 20.9. The number of hydrogen-bond donors (Lipinski definition) is 1. The van der Waals surface area contributed by atoms with Crippen molar-refractivity contribution in [3.05, 3.63) is 30.3 Å². The number of fused-ring (bicyclic) bond motifs is 1. The van der Waals surface area contributed by atoms with Gasteiger partial charge >= 0.3 is 0 Å². The first-order valence-corrected chi connectivity index (χ1v) is 10.5. The summed E-state index contributed by atoms with van der Waals surface area (Å²) in [7, 11) is 3.20. The van der Waals surface area contributed by atoms with Crippen molar-refractivity contribution < 1.29 is 19.0 Å². The minimum absolute atomic E-state index is 0.0881. The number of methoxy groups -OCH3 is 2. The van der Waals surface area contributed by atoms with Crippen molar-refractivity contribution in [3.63, 3.8) is 0 Å². The monoisotopic (exact) mass is 425 g/mol. The third-order valence-electron chi connectivity index (χ3n) is 5.51. The summed E-state index contributed by atoms with van der Waals surface area (Å²) in [4.78, 5) is 12.0. The first-order chi connectivity index (χ1) is 15.2. The second kappa shape index (κ2) is 9.63. The average molecular weight is 425 g/mol. The molecule has 1 fully saturated rings. The summed E-state index contributed by atoms with van der Waals surface area (Å²) in [6, 6.07) is 8.96. The molecular formula is C22H27N5O4. The number of amides is 1. The lowest BCUT2D eigenvalue weighted by atomic mass is 10.0. The number of benzene rings is 1. The Morgan fingerprint density at radius 2 is 1.97 bits per heavy atom. The van der Waals surface area contributed by atoms with Gasteiger partial charge in [-0.05, 0) is 43.0 Å². The number of carbonyl (C=O) groups excluding carboxylic acids is 1. The molecule has 2 heterocycles. The first-order valence-electron chi connectivity index (χ1n) is 10.5. The Kier molecular flexibility index (Phi) is 6.49. The molecule has 1 saturated carbocycles. The van der Waals surface area contributed by atoms with Gasteiger partial charge in [-0.1, -0.05) is 12.8 Å². The SMILES string of the molecule is COc1ccc(OC)c(-c2nnc3ccc(OCCNC(=O)CC4CCCC4)nn23)c1. The Morgan fingerprint density at radius 3 is 2.74 bits per heavy atom. The van der Waals surface area contributed by atoms with E-state index in [1.165, 1.54) is 12.8 Å². The van der Waals surface area contributed by atoms with Gasteiger partial charge < -0.3 is 19.5 Å². The van der Waals surface area contributed by atoms with Gasteiger partial charge in [0.15, 0.2) is 11.5 Å². The Labute approximate surface area is 180 Å². The molecule has 0 radical (unpaired) electrons. The summed E-state index contributed by atoms with van der Waals surface area (Å²) in [5.41, 5.74) is 1.29. The fraction of sp³-hybridized carbons (Fsp3) is 0.455. The second-order valence-electron chi connectivity index (χ2n) is 7.58. The molecule has 4 rings (SSSR count). The largest absolute Gasteiger partial charge is 0.497 e. The quantitative estimate of drug-likeness (QED) is 0.526. The highest BCUT2D eigenvalue weighted by Crippen LogP contribution is 2.32. The lowest BCUT2D eigenvalue weighted by Gasteiger charge is -2.11. The number of nitrogens with one attached hydrogen (secondary N) is 1. The van der Waals surface area contributed by atoms with E-state index in [1.807, 2.05) is 18.2 Å². The van der Waals surface area contributed by atoms with Crippen LogP contribution in [0.4, 0.5) is 0 Å². The average Bonchev–Trinajstić information content (AvgIpc) is 3.45. The normalized spacial score (nSPS) is 14.0. The van der Waals surface area contributed by atoms with E-state index in [0.29, 0.717) is 59.9 Å². The van der Waals surface area contributed by atoms with Gasteiger partial charge in [-0.3, -0.25) is 4.79 Å². The molecule has 0 bridgehead atoms. The van der Waals surface area contributed by atoms with Crippen LogP contribution in [0.3, 0.4) is 0 Å². The van der Waals surface area contributed by atoms with Crippen molar-refractivity contribution >= 4 is 11.6 Å². The van der Waals surface area contributed by atoms with Gasteiger partial charge in [0.1, 0.15) is 18.1 Å². The zero-order chi connectivity index (χ0) is 21.6. The van der Waals surface area contributed by atoms with Crippen LogP contribution in [0.15, 0.2) is 30.3 Å². The number of nitrogens with zero attached hydrogens (tertiary/aromatic N) is 4. The number of ether oxygens (including phenoxy) is 3. The molecule has 1 aliphatic carbocycles. The van der Waals surface area contributed by atoms with Crippen molar-refractivity contribution in [3.8, 4) is 28.8 Å². The Morgan fingerprint density at radius 1 is 1.13 bits per heavy atom. The van der Waals surface area contributed by atoms with E-state index in [-0.39, 0.29) is 5.91 Å². The summed E-state index contributed by atoms with van der Waals surface area (Å²) in [6.07, 6.45) is 5.40.